The van der Waals surface area contributed by atoms with Gasteiger partial charge in [0.2, 0.25) is 0 Å². The van der Waals surface area contributed by atoms with Crippen LogP contribution < -0.4 is 17.0 Å². The molecule has 0 amide bonds. The number of aromatic amines is 1. The highest BCUT2D eigenvalue weighted by Crippen LogP contribution is 2.21. The zero-order valence-corrected chi connectivity index (χ0v) is 11.9. The van der Waals surface area contributed by atoms with Crippen LogP contribution in [-0.2, 0) is 13.0 Å². The smallest absolute Gasteiger partial charge is 0.329 e. The molecule has 0 radical (unpaired) electrons. The van der Waals surface area contributed by atoms with Gasteiger partial charge in [0.1, 0.15) is 4.83 Å². The van der Waals surface area contributed by atoms with Crippen LogP contribution in [0.25, 0.3) is 10.2 Å². The highest BCUT2D eigenvalue weighted by molar-refractivity contribution is 7.18. The lowest BCUT2D eigenvalue weighted by Gasteiger charge is -2.03. The first-order valence-corrected chi connectivity index (χ1v) is 7.44. The molecule has 0 fully saturated rings. The minimum atomic E-state index is -0.320. The summed E-state index contributed by atoms with van der Waals surface area (Å²) in [6, 6.07) is 1.90. The summed E-state index contributed by atoms with van der Waals surface area (Å²) < 4.78 is 1.28. The zero-order chi connectivity index (χ0) is 13.8. The molecule has 0 spiro atoms. The molecule has 0 aliphatic carbocycles. The van der Waals surface area contributed by atoms with Gasteiger partial charge in [0.05, 0.1) is 5.39 Å². The van der Waals surface area contributed by atoms with E-state index in [0.717, 1.165) is 30.6 Å². The summed E-state index contributed by atoms with van der Waals surface area (Å²) >= 11 is 1.50. The molecule has 0 atom stereocenters. The SMILES string of the molecule is CCCc1cc2c(=O)n(CCCCN)c(=O)[nH]c2s1. The summed E-state index contributed by atoms with van der Waals surface area (Å²) in [4.78, 5) is 28.8. The van der Waals surface area contributed by atoms with Crippen LogP contribution in [0.15, 0.2) is 15.7 Å². The van der Waals surface area contributed by atoms with Gasteiger partial charge in [0.25, 0.3) is 5.56 Å². The Labute approximate surface area is 115 Å². The number of aryl methyl sites for hydroxylation is 1. The minimum Gasteiger partial charge on any atom is -0.330 e. The van der Waals surface area contributed by atoms with E-state index in [1.807, 2.05) is 6.07 Å². The first-order valence-electron chi connectivity index (χ1n) is 6.63. The molecule has 0 aromatic carbocycles. The molecule has 2 aromatic rings. The van der Waals surface area contributed by atoms with Crippen LogP contribution in [0.2, 0.25) is 0 Å². The number of unbranched alkanes of at least 4 members (excludes halogenated alkanes) is 1. The van der Waals surface area contributed by atoms with Crippen molar-refractivity contribution >= 4 is 21.6 Å². The maximum atomic E-state index is 12.3. The number of nitrogens with zero attached hydrogens (tertiary/aromatic N) is 1. The standard InChI is InChI=1S/C13H19N3O2S/c1-2-5-9-8-10-11(19-9)15-13(18)16(12(10)17)7-4-3-6-14/h8H,2-7,14H2,1H3,(H,15,18). The van der Waals surface area contributed by atoms with E-state index >= 15 is 0 Å². The van der Waals surface area contributed by atoms with E-state index in [1.54, 1.807) is 0 Å². The molecule has 5 nitrogen and oxygen atoms in total. The summed E-state index contributed by atoms with van der Waals surface area (Å²) in [5.41, 5.74) is 4.92. The molecule has 0 unspecified atom stereocenters. The van der Waals surface area contributed by atoms with Crippen LogP contribution in [0.1, 0.15) is 31.1 Å². The number of nitrogens with two attached hydrogens (primary N) is 1. The summed E-state index contributed by atoms with van der Waals surface area (Å²) in [6.45, 7) is 3.10. The van der Waals surface area contributed by atoms with E-state index in [0.29, 0.717) is 23.3 Å². The Morgan fingerprint density at radius 3 is 2.84 bits per heavy atom. The van der Waals surface area contributed by atoms with Crippen LogP contribution in [0.3, 0.4) is 0 Å². The Bertz CT molecular complexity index is 669. The fourth-order valence-electron chi connectivity index (χ4n) is 2.08. The first-order chi connectivity index (χ1) is 9.17. The summed E-state index contributed by atoms with van der Waals surface area (Å²) in [5.74, 6) is 0. The minimum absolute atomic E-state index is 0.186. The molecule has 0 saturated heterocycles. The van der Waals surface area contributed by atoms with E-state index in [9.17, 15) is 9.59 Å². The van der Waals surface area contributed by atoms with Gasteiger partial charge in [-0.05, 0) is 31.9 Å². The van der Waals surface area contributed by atoms with Crippen LogP contribution >= 0.6 is 11.3 Å². The molecule has 2 rings (SSSR count). The molecule has 6 heteroatoms. The third-order valence-corrected chi connectivity index (χ3v) is 4.17. The Morgan fingerprint density at radius 1 is 1.37 bits per heavy atom. The molecule has 0 saturated carbocycles. The number of thiophene rings is 1. The molecule has 2 aromatic heterocycles. The average molecular weight is 281 g/mol. The van der Waals surface area contributed by atoms with E-state index in [-0.39, 0.29) is 11.2 Å². The Hall–Kier alpha value is -1.40. The topological polar surface area (TPSA) is 80.9 Å². The fraction of sp³-hybridized carbons (Fsp3) is 0.538. The molecule has 3 N–H and O–H groups in total. The largest absolute Gasteiger partial charge is 0.330 e. The van der Waals surface area contributed by atoms with Gasteiger partial charge in [-0.2, -0.15) is 0 Å². The number of H-pyrrole nitrogens is 1. The normalized spacial score (nSPS) is 11.3. The third-order valence-electron chi connectivity index (χ3n) is 3.06. The van der Waals surface area contributed by atoms with Gasteiger partial charge in [0.15, 0.2) is 0 Å². The quantitative estimate of drug-likeness (QED) is 0.786. The van der Waals surface area contributed by atoms with Crippen molar-refractivity contribution < 1.29 is 0 Å². The van der Waals surface area contributed by atoms with Gasteiger partial charge in [-0.3, -0.25) is 14.3 Å². The Kier molecular flexibility index (Phi) is 4.55. The second kappa shape index (κ2) is 6.16. The van der Waals surface area contributed by atoms with Crippen molar-refractivity contribution in [3.8, 4) is 0 Å². The molecule has 104 valence electrons. The van der Waals surface area contributed by atoms with Gasteiger partial charge >= 0.3 is 5.69 Å². The second-order valence-electron chi connectivity index (χ2n) is 4.59. The number of hydrogen-bond acceptors (Lipinski definition) is 4. The van der Waals surface area contributed by atoms with Gasteiger partial charge in [-0.25, -0.2) is 4.79 Å². The number of rotatable bonds is 6. The summed E-state index contributed by atoms with van der Waals surface area (Å²) in [7, 11) is 0. The van der Waals surface area contributed by atoms with Gasteiger partial charge in [-0.15, -0.1) is 11.3 Å². The van der Waals surface area contributed by atoms with Crippen LogP contribution in [0.4, 0.5) is 0 Å². The summed E-state index contributed by atoms with van der Waals surface area (Å²) in [5, 5.41) is 0.626. The Balaban J connectivity index is 2.42. The van der Waals surface area contributed by atoms with Crippen molar-refractivity contribution in [1.29, 1.82) is 0 Å². The third kappa shape index (κ3) is 2.96. The van der Waals surface area contributed by atoms with Crippen molar-refractivity contribution in [1.82, 2.24) is 9.55 Å². The van der Waals surface area contributed by atoms with E-state index in [4.69, 9.17) is 5.73 Å². The number of hydrogen-bond donors (Lipinski definition) is 2. The monoisotopic (exact) mass is 281 g/mol. The lowest BCUT2D eigenvalue weighted by molar-refractivity contribution is 0.578. The predicted octanol–water partition coefficient (Wildman–Crippen LogP) is 1.44. The lowest BCUT2D eigenvalue weighted by atomic mass is 10.2. The number of aromatic nitrogens is 2. The molecule has 2 heterocycles. The fourth-order valence-corrected chi connectivity index (χ4v) is 3.22. The van der Waals surface area contributed by atoms with E-state index < -0.39 is 0 Å². The highest BCUT2D eigenvalue weighted by Gasteiger charge is 2.10. The summed E-state index contributed by atoms with van der Waals surface area (Å²) in [6.07, 6.45) is 3.53. The molecule has 0 bridgehead atoms. The maximum absolute atomic E-state index is 12.3. The van der Waals surface area contributed by atoms with Gasteiger partial charge < -0.3 is 5.73 Å². The molecule has 0 aliphatic heterocycles. The van der Waals surface area contributed by atoms with Crippen molar-refractivity contribution in [2.75, 3.05) is 6.54 Å². The molecular formula is C13H19N3O2S. The molecular weight excluding hydrogens is 262 g/mol. The van der Waals surface area contributed by atoms with Gasteiger partial charge in [-0.1, -0.05) is 13.3 Å². The average Bonchev–Trinajstić information content (AvgIpc) is 2.77. The lowest BCUT2D eigenvalue weighted by Crippen LogP contribution is -2.34. The maximum Gasteiger partial charge on any atom is 0.329 e. The van der Waals surface area contributed by atoms with Crippen molar-refractivity contribution in [2.45, 2.75) is 39.2 Å². The second-order valence-corrected chi connectivity index (χ2v) is 5.72. The molecule has 0 aliphatic rings. The van der Waals surface area contributed by atoms with E-state index in [1.165, 1.54) is 15.9 Å². The van der Waals surface area contributed by atoms with Crippen molar-refractivity contribution in [3.63, 3.8) is 0 Å². The highest BCUT2D eigenvalue weighted by atomic mass is 32.1. The first kappa shape index (κ1) is 14.0. The number of fused-ring (bicyclic) bond motifs is 1. The van der Waals surface area contributed by atoms with Crippen LogP contribution in [0.5, 0.6) is 0 Å². The zero-order valence-electron chi connectivity index (χ0n) is 11.1. The Morgan fingerprint density at radius 2 is 2.16 bits per heavy atom. The van der Waals surface area contributed by atoms with Crippen molar-refractivity contribution in [2.24, 2.45) is 5.73 Å². The van der Waals surface area contributed by atoms with Gasteiger partial charge in [0, 0.05) is 11.4 Å². The van der Waals surface area contributed by atoms with Crippen LogP contribution in [-0.4, -0.2) is 16.1 Å². The van der Waals surface area contributed by atoms with Crippen LogP contribution in [0, 0.1) is 0 Å². The van der Waals surface area contributed by atoms with E-state index in [2.05, 4.69) is 11.9 Å². The molecule has 19 heavy (non-hydrogen) atoms. The predicted molar refractivity (Wildman–Crippen MR) is 79.0 cm³/mol. The van der Waals surface area contributed by atoms with Crippen molar-refractivity contribution in [3.05, 3.63) is 31.8 Å². The number of nitrogens with one attached hydrogen (secondary N) is 1.